The SMILES string of the molecule is O=P(Cc1cc2ccccc2c2c1[O][Al]([Cl])[O]c1c(CP(=O)(c3ccccc3)c3ccccc3)cc3ccccc3c1-2)(c1ccccc1)c1ccccc1. The van der Waals surface area contributed by atoms with E-state index in [0.717, 1.165) is 65.0 Å². The summed E-state index contributed by atoms with van der Waals surface area (Å²) in [5.41, 5.74) is 3.27. The molecule has 0 N–H and O–H groups in total. The lowest BCUT2D eigenvalue weighted by Gasteiger charge is -2.25. The van der Waals surface area contributed by atoms with Crippen LogP contribution in [0, 0.1) is 0 Å². The summed E-state index contributed by atoms with van der Waals surface area (Å²) >= 11 is -2.97. The van der Waals surface area contributed by atoms with E-state index in [1.54, 1.807) is 0 Å². The fourth-order valence-electron chi connectivity index (χ4n) is 7.80. The zero-order chi connectivity index (χ0) is 36.7. The van der Waals surface area contributed by atoms with Gasteiger partial charge in [-0.25, -0.2) is 0 Å². The first kappa shape index (κ1) is 34.9. The van der Waals surface area contributed by atoms with Crippen molar-refractivity contribution in [2.75, 3.05) is 0 Å². The van der Waals surface area contributed by atoms with Gasteiger partial charge in [-0.3, -0.25) is 0 Å². The van der Waals surface area contributed by atoms with Crippen LogP contribution in [0.15, 0.2) is 182 Å². The summed E-state index contributed by atoms with van der Waals surface area (Å²) in [6.45, 7) is 0. The third-order valence-electron chi connectivity index (χ3n) is 10.3. The summed E-state index contributed by atoms with van der Waals surface area (Å²) in [7, 11) is 0.734. The molecule has 262 valence electrons. The average molecular weight is 775 g/mol. The molecule has 0 fully saturated rings. The van der Waals surface area contributed by atoms with Crippen LogP contribution in [0.3, 0.4) is 0 Å². The van der Waals surface area contributed by atoms with Crippen LogP contribution in [-0.4, -0.2) is 13.9 Å². The molecule has 1 aliphatic rings. The molecule has 0 unspecified atom stereocenters. The van der Waals surface area contributed by atoms with Gasteiger partial charge in [0.1, 0.15) is 14.3 Å². The molecule has 0 bridgehead atoms. The van der Waals surface area contributed by atoms with Gasteiger partial charge in [-0.2, -0.15) is 10.0 Å². The highest BCUT2D eigenvalue weighted by atomic mass is 35.6. The maximum atomic E-state index is 15.6. The van der Waals surface area contributed by atoms with Gasteiger partial charge in [0.05, 0.1) is 11.5 Å². The van der Waals surface area contributed by atoms with Gasteiger partial charge in [-0.05, 0) is 44.8 Å². The summed E-state index contributed by atoms with van der Waals surface area (Å²) in [5.74, 6) is 1.17. The molecule has 0 saturated carbocycles. The van der Waals surface area contributed by atoms with E-state index >= 15 is 9.13 Å². The van der Waals surface area contributed by atoms with Crippen molar-refractivity contribution < 1.29 is 16.7 Å². The molecule has 8 aromatic rings. The molecule has 0 saturated heterocycles. The van der Waals surface area contributed by atoms with Crippen molar-refractivity contribution in [2.45, 2.75) is 12.3 Å². The Hall–Kier alpha value is -4.84. The minimum absolute atomic E-state index is 0.219. The predicted octanol–water partition coefficient (Wildman–Crippen LogP) is 10.7. The Kier molecular flexibility index (Phi) is 9.33. The highest BCUT2D eigenvalue weighted by Gasteiger charge is 2.41. The summed E-state index contributed by atoms with van der Waals surface area (Å²) < 4.78 is 44.7. The Labute approximate surface area is 324 Å². The summed E-state index contributed by atoms with van der Waals surface area (Å²) in [6, 6.07) is 59.5. The number of rotatable bonds is 8. The van der Waals surface area contributed by atoms with E-state index in [1.807, 2.05) is 146 Å². The van der Waals surface area contributed by atoms with E-state index in [0.29, 0.717) is 11.5 Å². The van der Waals surface area contributed by atoms with Crippen molar-refractivity contribution in [3.8, 4) is 22.6 Å². The van der Waals surface area contributed by atoms with Crippen molar-refractivity contribution >= 4 is 81.0 Å². The molecule has 0 atom stereocenters. The number of hydrogen-bond acceptors (Lipinski definition) is 4. The summed E-state index contributed by atoms with van der Waals surface area (Å²) in [5, 5.41) is 6.98. The van der Waals surface area contributed by atoms with Crippen LogP contribution in [0.4, 0.5) is 0 Å². The molecule has 0 amide bonds. The van der Waals surface area contributed by atoms with Gasteiger partial charge in [0.25, 0.3) is 0 Å². The van der Waals surface area contributed by atoms with Crippen LogP contribution >= 0.6 is 24.3 Å². The summed E-state index contributed by atoms with van der Waals surface area (Å²) in [6.07, 6.45) is 0.437. The lowest BCUT2D eigenvalue weighted by Crippen LogP contribution is -2.24. The van der Waals surface area contributed by atoms with E-state index in [-0.39, 0.29) is 12.3 Å². The Balaban J connectivity index is 1.33. The van der Waals surface area contributed by atoms with Gasteiger partial charge in [0, 0.05) is 44.7 Å². The van der Waals surface area contributed by atoms with Crippen LogP contribution < -0.4 is 28.8 Å². The Morgan fingerprint density at radius 3 is 1.06 bits per heavy atom. The third kappa shape index (κ3) is 6.22. The van der Waals surface area contributed by atoms with Gasteiger partial charge < -0.3 is 16.7 Å². The predicted molar refractivity (Wildman–Crippen MR) is 227 cm³/mol. The largest absolute Gasteiger partial charge is 0.999 e. The van der Waals surface area contributed by atoms with Crippen LogP contribution in [-0.2, 0) is 21.5 Å². The maximum Gasteiger partial charge on any atom is 0.999 e. The standard InChI is InChI=1S/C46H36O4P2.Al.ClH/c47-45-35(31-51(49,37-19-5-1-6-20-37)38-21-7-2-8-22-38)29-33-17-13-15-27-41(33)43(45)44-42-28-16-14-18-34(42)30-36(46(44)48)32-52(50,39-23-9-3-10-24-39)40-25-11-4-12-26-40;;/h1-30,47-48H,31-32H2;;1H/q;+3;/p-3. The van der Waals surface area contributed by atoms with Crippen molar-refractivity contribution in [3.05, 3.63) is 193 Å². The molecule has 0 aromatic heterocycles. The van der Waals surface area contributed by atoms with Gasteiger partial charge in [0.2, 0.25) is 0 Å². The highest BCUT2D eigenvalue weighted by Crippen LogP contribution is 2.57. The average Bonchev–Trinajstić information content (AvgIpc) is 3.39. The van der Waals surface area contributed by atoms with E-state index in [1.165, 1.54) is 0 Å². The smallest absolute Gasteiger partial charge is 0.599 e. The van der Waals surface area contributed by atoms with Gasteiger partial charge in [0.15, 0.2) is 0 Å². The molecule has 8 heteroatoms. The van der Waals surface area contributed by atoms with Crippen LogP contribution in [0.1, 0.15) is 11.1 Å². The second-order valence-electron chi connectivity index (χ2n) is 13.6. The van der Waals surface area contributed by atoms with Gasteiger partial charge >= 0.3 is 13.9 Å². The van der Waals surface area contributed by atoms with Crippen LogP contribution in [0.2, 0.25) is 0 Å². The minimum atomic E-state index is -3.23. The second-order valence-corrected chi connectivity index (χ2v) is 21.3. The quantitative estimate of drug-likeness (QED) is 0.114. The van der Waals surface area contributed by atoms with Crippen molar-refractivity contribution in [3.63, 3.8) is 0 Å². The number of hydrogen-bond donors (Lipinski definition) is 0. The van der Waals surface area contributed by atoms with Crippen molar-refractivity contribution in [1.29, 1.82) is 0 Å². The molecule has 0 spiro atoms. The van der Waals surface area contributed by atoms with E-state index < -0.39 is 28.2 Å². The lowest BCUT2D eigenvalue weighted by atomic mass is 9.89. The number of halogens is 1. The molecule has 1 heterocycles. The van der Waals surface area contributed by atoms with Crippen LogP contribution in [0.5, 0.6) is 11.5 Å². The first-order valence-electron chi connectivity index (χ1n) is 17.9. The highest BCUT2D eigenvalue weighted by molar-refractivity contribution is 7.78. The molecular weight excluding hydrogens is 741 g/mol. The molecule has 0 radical (unpaired) electrons. The van der Waals surface area contributed by atoms with Gasteiger partial charge in [-0.15, -0.1) is 0 Å². The lowest BCUT2D eigenvalue weighted by molar-refractivity contribution is 0.453. The maximum absolute atomic E-state index is 15.6. The topological polar surface area (TPSA) is 52.6 Å². The zero-order valence-electron chi connectivity index (χ0n) is 29.2. The molecule has 8 aromatic carbocycles. The molecular formula is C46H34AlClO4P2. The van der Waals surface area contributed by atoms with Crippen molar-refractivity contribution in [2.24, 2.45) is 0 Å². The van der Waals surface area contributed by atoms with Crippen LogP contribution in [0.25, 0.3) is 32.7 Å². The van der Waals surface area contributed by atoms with Gasteiger partial charge in [-0.1, -0.05) is 170 Å². The first-order chi connectivity index (χ1) is 26.4. The molecule has 0 aliphatic carbocycles. The minimum Gasteiger partial charge on any atom is -0.599 e. The zero-order valence-corrected chi connectivity index (χ0v) is 32.9. The monoisotopic (exact) mass is 774 g/mol. The van der Waals surface area contributed by atoms with E-state index in [9.17, 15) is 0 Å². The Bertz CT molecular complexity index is 2470. The van der Waals surface area contributed by atoms with Crippen molar-refractivity contribution in [1.82, 2.24) is 0 Å². The van der Waals surface area contributed by atoms with E-state index in [4.69, 9.17) is 17.6 Å². The third-order valence-corrected chi connectivity index (χ3v) is 17.8. The van der Waals surface area contributed by atoms with E-state index in [2.05, 4.69) is 36.4 Å². The fraction of sp³-hybridized carbons (Fsp3) is 0.0435. The fourth-order valence-corrected chi connectivity index (χ4v) is 14.7. The second kappa shape index (κ2) is 14.4. The Morgan fingerprint density at radius 2 is 0.722 bits per heavy atom. The molecule has 9 rings (SSSR count). The molecule has 4 nitrogen and oxygen atoms in total. The number of benzene rings is 8. The number of fused-ring (bicyclic) bond motifs is 7. The Morgan fingerprint density at radius 1 is 0.426 bits per heavy atom. The molecule has 54 heavy (non-hydrogen) atoms. The first-order valence-corrected chi connectivity index (χ1v) is 24.4. The normalized spacial score (nSPS) is 12.7. The summed E-state index contributed by atoms with van der Waals surface area (Å²) in [4.78, 5) is 0. The molecule has 1 aliphatic heterocycles.